The van der Waals surface area contributed by atoms with Gasteiger partial charge >= 0.3 is 5.97 Å². The van der Waals surface area contributed by atoms with E-state index in [1.165, 1.54) is 0 Å². The van der Waals surface area contributed by atoms with E-state index in [0.29, 0.717) is 5.56 Å². The average Bonchev–Trinajstić information content (AvgIpc) is 2.85. The molecule has 5 nitrogen and oxygen atoms in total. The first-order valence-electron chi connectivity index (χ1n) is 7.58. The van der Waals surface area contributed by atoms with E-state index in [0.717, 1.165) is 17.4 Å². The normalized spacial score (nSPS) is 10.9. The second-order valence-electron chi connectivity index (χ2n) is 5.39. The van der Waals surface area contributed by atoms with E-state index in [1.807, 2.05) is 42.0 Å². The molecular weight excluding hydrogens is 280 g/mol. The minimum absolute atomic E-state index is 0.134. The molecule has 0 unspecified atom stereocenters. The summed E-state index contributed by atoms with van der Waals surface area (Å²) in [6, 6.07) is 7.80. The van der Waals surface area contributed by atoms with Crippen molar-refractivity contribution in [1.29, 1.82) is 0 Å². The summed E-state index contributed by atoms with van der Waals surface area (Å²) in [5, 5.41) is 3.70. The van der Waals surface area contributed by atoms with Gasteiger partial charge in [0.05, 0.1) is 18.1 Å². The summed E-state index contributed by atoms with van der Waals surface area (Å²) >= 11 is 0. The number of esters is 1. The van der Waals surface area contributed by atoms with Crippen LogP contribution < -0.4 is 5.32 Å². The lowest BCUT2D eigenvalue weighted by molar-refractivity contribution is -0.147. The van der Waals surface area contributed by atoms with E-state index >= 15 is 0 Å². The fourth-order valence-electron chi connectivity index (χ4n) is 2.38. The maximum atomic E-state index is 12.3. The third kappa shape index (κ3) is 3.67. The largest absolute Gasteiger partial charge is 0.463 e. The van der Waals surface area contributed by atoms with Crippen LogP contribution in [0.1, 0.15) is 37.6 Å². The highest BCUT2D eigenvalue weighted by Crippen LogP contribution is 2.21. The molecule has 0 atom stereocenters. The highest BCUT2D eigenvalue weighted by atomic mass is 16.5. The van der Waals surface area contributed by atoms with Crippen molar-refractivity contribution in [1.82, 2.24) is 9.88 Å². The molecule has 0 fully saturated rings. The number of para-hydroxylation sites is 1. The summed E-state index contributed by atoms with van der Waals surface area (Å²) in [6.45, 7) is 6.72. The van der Waals surface area contributed by atoms with Gasteiger partial charge in [0.25, 0.3) is 5.91 Å². The van der Waals surface area contributed by atoms with E-state index in [4.69, 9.17) is 4.74 Å². The Balaban J connectivity index is 2.03. The number of aryl methyl sites for hydroxylation is 1. The average molecular weight is 302 g/mol. The molecule has 1 aromatic heterocycles. The molecule has 118 valence electrons. The number of hydrogen-bond acceptors (Lipinski definition) is 3. The summed E-state index contributed by atoms with van der Waals surface area (Å²) in [5.41, 5.74) is 1.67. The molecule has 2 aromatic rings. The smallest absolute Gasteiger partial charge is 0.307 e. The number of ether oxygens (including phenoxy) is 1. The van der Waals surface area contributed by atoms with Gasteiger partial charge in [0.1, 0.15) is 0 Å². The summed E-state index contributed by atoms with van der Waals surface area (Å²) in [5.74, 6) is -0.466. The second-order valence-corrected chi connectivity index (χ2v) is 5.39. The molecule has 1 heterocycles. The Morgan fingerprint density at radius 3 is 2.68 bits per heavy atom. The van der Waals surface area contributed by atoms with Crippen molar-refractivity contribution in [2.45, 2.75) is 39.8 Å². The van der Waals surface area contributed by atoms with Crippen LogP contribution >= 0.6 is 0 Å². The van der Waals surface area contributed by atoms with Gasteiger partial charge in [0.2, 0.25) is 0 Å². The molecule has 1 amide bonds. The zero-order valence-electron chi connectivity index (χ0n) is 13.3. The fraction of sp³-hybridized carbons (Fsp3) is 0.412. The number of fused-ring (bicyclic) bond motifs is 1. The Morgan fingerprint density at radius 2 is 2.00 bits per heavy atom. The minimum atomic E-state index is -0.300. The monoisotopic (exact) mass is 302 g/mol. The lowest BCUT2D eigenvalue weighted by Crippen LogP contribution is -2.27. The number of nitrogens with one attached hydrogen (secondary N) is 1. The predicted octanol–water partition coefficient (Wildman–Crippen LogP) is 2.73. The molecule has 0 saturated heterocycles. The topological polar surface area (TPSA) is 60.3 Å². The minimum Gasteiger partial charge on any atom is -0.463 e. The van der Waals surface area contributed by atoms with Gasteiger partial charge in [0, 0.05) is 30.2 Å². The van der Waals surface area contributed by atoms with Crippen molar-refractivity contribution in [3.05, 3.63) is 36.0 Å². The second kappa shape index (κ2) is 7.11. The van der Waals surface area contributed by atoms with Crippen molar-refractivity contribution >= 4 is 22.8 Å². The van der Waals surface area contributed by atoms with E-state index < -0.39 is 0 Å². The lowest BCUT2D eigenvalue weighted by Gasteiger charge is -2.08. The molecule has 22 heavy (non-hydrogen) atoms. The van der Waals surface area contributed by atoms with Crippen LogP contribution in [-0.4, -0.2) is 29.1 Å². The summed E-state index contributed by atoms with van der Waals surface area (Å²) in [4.78, 5) is 23.8. The summed E-state index contributed by atoms with van der Waals surface area (Å²) in [6.07, 6.45) is 1.90. The molecule has 0 aliphatic carbocycles. The zero-order valence-corrected chi connectivity index (χ0v) is 13.3. The highest BCUT2D eigenvalue weighted by Gasteiger charge is 2.14. The molecule has 0 bridgehead atoms. The Kier molecular flexibility index (Phi) is 5.20. The van der Waals surface area contributed by atoms with E-state index in [-0.39, 0.29) is 30.9 Å². The predicted molar refractivity (Wildman–Crippen MR) is 85.8 cm³/mol. The molecule has 0 aliphatic heterocycles. The molecule has 1 N–H and O–H groups in total. The Labute approximate surface area is 130 Å². The van der Waals surface area contributed by atoms with E-state index in [1.54, 1.807) is 13.8 Å². The first kappa shape index (κ1) is 16.1. The lowest BCUT2D eigenvalue weighted by atomic mass is 10.1. The van der Waals surface area contributed by atoms with Crippen molar-refractivity contribution < 1.29 is 14.3 Å². The van der Waals surface area contributed by atoms with Crippen molar-refractivity contribution in [2.24, 2.45) is 0 Å². The van der Waals surface area contributed by atoms with Gasteiger partial charge in [-0.15, -0.1) is 0 Å². The van der Waals surface area contributed by atoms with Gasteiger partial charge in [-0.3, -0.25) is 9.59 Å². The van der Waals surface area contributed by atoms with Crippen LogP contribution in [0.3, 0.4) is 0 Å². The van der Waals surface area contributed by atoms with Crippen molar-refractivity contribution in [3.63, 3.8) is 0 Å². The maximum absolute atomic E-state index is 12.3. The molecule has 2 rings (SSSR count). The van der Waals surface area contributed by atoms with Crippen molar-refractivity contribution in [3.8, 4) is 0 Å². The van der Waals surface area contributed by atoms with Crippen LogP contribution in [0.15, 0.2) is 30.5 Å². The third-order valence-electron chi connectivity index (χ3n) is 3.36. The number of rotatable bonds is 6. The van der Waals surface area contributed by atoms with E-state index in [2.05, 4.69) is 5.32 Å². The van der Waals surface area contributed by atoms with Crippen LogP contribution in [0.5, 0.6) is 0 Å². The van der Waals surface area contributed by atoms with Crippen LogP contribution in [0.4, 0.5) is 0 Å². The standard InChI is InChI=1S/C17H22N2O3/c1-4-19-11-14(13-7-5-6-8-15(13)19)17(21)18-10-9-16(20)22-12(2)3/h5-8,11-12H,4,9-10H2,1-3H3,(H,18,21). The highest BCUT2D eigenvalue weighted by molar-refractivity contribution is 6.07. The molecule has 5 heteroatoms. The summed E-state index contributed by atoms with van der Waals surface area (Å²) < 4.78 is 7.07. The maximum Gasteiger partial charge on any atom is 0.307 e. The van der Waals surface area contributed by atoms with E-state index in [9.17, 15) is 9.59 Å². The Morgan fingerprint density at radius 1 is 1.27 bits per heavy atom. The quantitative estimate of drug-likeness (QED) is 0.835. The summed E-state index contributed by atoms with van der Waals surface area (Å²) in [7, 11) is 0. The van der Waals surface area contributed by atoms with Gasteiger partial charge in [-0.25, -0.2) is 0 Å². The Bertz CT molecular complexity index is 674. The SMILES string of the molecule is CCn1cc(C(=O)NCCC(=O)OC(C)C)c2ccccc21. The first-order chi connectivity index (χ1) is 10.5. The van der Waals surface area contributed by atoms with Gasteiger partial charge in [-0.1, -0.05) is 18.2 Å². The first-order valence-corrected chi connectivity index (χ1v) is 7.58. The Hall–Kier alpha value is -2.30. The van der Waals surface area contributed by atoms with Gasteiger partial charge in [0.15, 0.2) is 0 Å². The number of benzene rings is 1. The van der Waals surface area contributed by atoms with Gasteiger partial charge in [-0.05, 0) is 26.8 Å². The number of hydrogen-bond donors (Lipinski definition) is 1. The molecule has 1 aromatic carbocycles. The number of aromatic nitrogens is 1. The molecule has 0 radical (unpaired) electrons. The van der Waals surface area contributed by atoms with Crippen molar-refractivity contribution in [2.75, 3.05) is 6.54 Å². The van der Waals surface area contributed by atoms with Gasteiger partial charge < -0.3 is 14.6 Å². The fourth-order valence-corrected chi connectivity index (χ4v) is 2.38. The van der Waals surface area contributed by atoms with Gasteiger partial charge in [-0.2, -0.15) is 0 Å². The molecule has 0 saturated carbocycles. The van der Waals surface area contributed by atoms with Crippen LogP contribution in [0.2, 0.25) is 0 Å². The number of nitrogens with zero attached hydrogens (tertiary/aromatic N) is 1. The number of carbonyl (C=O) groups is 2. The molecule has 0 spiro atoms. The molecule has 0 aliphatic rings. The third-order valence-corrected chi connectivity index (χ3v) is 3.36. The number of carbonyl (C=O) groups excluding carboxylic acids is 2. The van der Waals surface area contributed by atoms with Crippen LogP contribution in [-0.2, 0) is 16.1 Å². The van der Waals surface area contributed by atoms with Crippen LogP contribution in [0.25, 0.3) is 10.9 Å². The number of amides is 1. The van der Waals surface area contributed by atoms with Crippen LogP contribution in [0, 0.1) is 0 Å². The molecular formula is C17H22N2O3. The zero-order chi connectivity index (χ0) is 16.1.